The molecule has 0 atom stereocenters. The highest BCUT2D eigenvalue weighted by atomic mass is 19.2. The summed E-state index contributed by atoms with van der Waals surface area (Å²) in [6, 6.07) is 8.90. The van der Waals surface area contributed by atoms with Gasteiger partial charge in [0.2, 0.25) is 5.91 Å². The molecule has 136 valence electrons. The van der Waals surface area contributed by atoms with E-state index in [2.05, 4.69) is 10.6 Å². The van der Waals surface area contributed by atoms with Crippen molar-refractivity contribution >= 4 is 23.5 Å². The Morgan fingerprint density at radius 1 is 1.04 bits per heavy atom. The molecule has 0 aliphatic heterocycles. The largest absolute Gasteiger partial charge is 0.462 e. The van der Waals surface area contributed by atoms with Crippen LogP contribution in [0, 0.1) is 11.6 Å². The third-order valence-electron chi connectivity index (χ3n) is 3.29. The highest BCUT2D eigenvalue weighted by Gasteiger charge is 2.15. The molecule has 2 N–H and O–H groups in total. The molecule has 2 amide bonds. The van der Waals surface area contributed by atoms with Gasteiger partial charge in [-0.25, -0.2) is 13.6 Å². The molecule has 2 rings (SSSR count). The topological polar surface area (TPSA) is 84.5 Å². The van der Waals surface area contributed by atoms with Gasteiger partial charge in [-0.15, -0.1) is 0 Å². The minimum absolute atomic E-state index is 0.122. The molecular weight excluding hydrogens is 346 g/mol. The third kappa shape index (κ3) is 4.85. The molecule has 0 bridgehead atoms. The Morgan fingerprint density at radius 3 is 2.46 bits per heavy atom. The van der Waals surface area contributed by atoms with E-state index in [4.69, 9.17) is 4.74 Å². The number of para-hydroxylation sites is 1. The fraction of sp³-hybridized carbons (Fsp3) is 0.167. The first-order valence-corrected chi connectivity index (χ1v) is 7.71. The van der Waals surface area contributed by atoms with E-state index in [0.717, 1.165) is 18.2 Å². The second-order valence-electron chi connectivity index (χ2n) is 5.13. The van der Waals surface area contributed by atoms with Crippen molar-refractivity contribution in [3.05, 3.63) is 65.2 Å². The fourth-order valence-electron chi connectivity index (χ4n) is 2.07. The van der Waals surface area contributed by atoms with Gasteiger partial charge >= 0.3 is 5.97 Å². The second-order valence-corrected chi connectivity index (χ2v) is 5.13. The molecule has 0 aliphatic rings. The molecule has 0 radical (unpaired) electrons. The van der Waals surface area contributed by atoms with Gasteiger partial charge in [0, 0.05) is 5.56 Å². The molecule has 0 saturated carbocycles. The summed E-state index contributed by atoms with van der Waals surface area (Å²) in [4.78, 5) is 35.7. The van der Waals surface area contributed by atoms with Gasteiger partial charge in [-0.3, -0.25) is 9.59 Å². The van der Waals surface area contributed by atoms with Crippen LogP contribution < -0.4 is 10.6 Å². The lowest BCUT2D eigenvalue weighted by Gasteiger charge is -2.11. The normalized spacial score (nSPS) is 10.1. The highest BCUT2D eigenvalue weighted by molar-refractivity contribution is 6.03. The molecule has 0 heterocycles. The van der Waals surface area contributed by atoms with Gasteiger partial charge in [-0.05, 0) is 37.3 Å². The van der Waals surface area contributed by atoms with Gasteiger partial charge in [0.25, 0.3) is 5.91 Å². The molecule has 0 saturated heterocycles. The van der Waals surface area contributed by atoms with E-state index in [0.29, 0.717) is 0 Å². The van der Waals surface area contributed by atoms with Crippen LogP contribution >= 0.6 is 0 Å². The van der Waals surface area contributed by atoms with E-state index in [1.807, 2.05) is 0 Å². The number of ether oxygens (including phenoxy) is 1. The van der Waals surface area contributed by atoms with Crippen molar-refractivity contribution in [2.24, 2.45) is 0 Å². The Morgan fingerprint density at radius 2 is 1.77 bits per heavy atom. The van der Waals surface area contributed by atoms with Crippen LogP contribution in [0.25, 0.3) is 0 Å². The minimum Gasteiger partial charge on any atom is -0.462 e. The van der Waals surface area contributed by atoms with E-state index in [-0.39, 0.29) is 23.4 Å². The number of benzene rings is 2. The molecule has 26 heavy (non-hydrogen) atoms. The molecule has 6 nitrogen and oxygen atoms in total. The van der Waals surface area contributed by atoms with Crippen LogP contribution in [0.15, 0.2) is 42.5 Å². The quantitative estimate of drug-likeness (QED) is 0.774. The van der Waals surface area contributed by atoms with Crippen molar-refractivity contribution in [1.82, 2.24) is 5.32 Å². The molecule has 2 aromatic rings. The number of esters is 1. The summed E-state index contributed by atoms with van der Waals surface area (Å²) in [6.07, 6.45) is 0. The van der Waals surface area contributed by atoms with Crippen LogP contribution in [0.2, 0.25) is 0 Å². The zero-order valence-corrected chi connectivity index (χ0v) is 13.8. The summed E-state index contributed by atoms with van der Waals surface area (Å²) in [7, 11) is 0. The summed E-state index contributed by atoms with van der Waals surface area (Å²) < 4.78 is 30.9. The lowest BCUT2D eigenvalue weighted by molar-refractivity contribution is -0.115. The lowest BCUT2D eigenvalue weighted by atomic mass is 10.1. The van der Waals surface area contributed by atoms with Crippen LogP contribution in [-0.2, 0) is 9.53 Å². The van der Waals surface area contributed by atoms with Crippen molar-refractivity contribution in [2.45, 2.75) is 6.92 Å². The molecular formula is C18H16F2N2O4. The molecule has 0 spiro atoms. The molecule has 8 heteroatoms. The smallest absolute Gasteiger partial charge is 0.340 e. The predicted octanol–water partition coefficient (Wildman–Crippen LogP) is 2.51. The SMILES string of the molecule is CCOC(=O)c1ccccc1NC(=O)CNC(=O)c1ccc(F)c(F)c1. The fourth-order valence-corrected chi connectivity index (χ4v) is 2.07. The van der Waals surface area contributed by atoms with E-state index >= 15 is 0 Å². The maximum Gasteiger partial charge on any atom is 0.340 e. The Hall–Kier alpha value is -3.29. The van der Waals surface area contributed by atoms with Crippen LogP contribution in [-0.4, -0.2) is 30.9 Å². The Labute approximate surface area is 148 Å². The molecule has 0 fully saturated rings. The van der Waals surface area contributed by atoms with Gasteiger partial charge in [0.1, 0.15) is 0 Å². The van der Waals surface area contributed by atoms with Crippen molar-refractivity contribution in [2.75, 3.05) is 18.5 Å². The Bertz CT molecular complexity index is 840. The van der Waals surface area contributed by atoms with Crippen LogP contribution in [0.3, 0.4) is 0 Å². The summed E-state index contributed by atoms with van der Waals surface area (Å²) in [6.45, 7) is 1.42. The Kier molecular flexibility index (Phi) is 6.37. The summed E-state index contributed by atoms with van der Waals surface area (Å²) in [5, 5.41) is 4.77. The standard InChI is InChI=1S/C18H16F2N2O4/c1-2-26-18(25)12-5-3-4-6-15(12)22-16(23)10-21-17(24)11-7-8-13(19)14(20)9-11/h3-9H,2,10H2,1H3,(H,21,24)(H,22,23). The zero-order valence-electron chi connectivity index (χ0n) is 13.8. The number of rotatable bonds is 6. The number of halogens is 2. The van der Waals surface area contributed by atoms with Crippen molar-refractivity contribution in [3.63, 3.8) is 0 Å². The number of anilines is 1. The molecule has 2 aromatic carbocycles. The van der Waals surface area contributed by atoms with E-state index in [1.165, 1.54) is 12.1 Å². The van der Waals surface area contributed by atoms with Crippen molar-refractivity contribution in [1.29, 1.82) is 0 Å². The van der Waals surface area contributed by atoms with Gasteiger partial charge in [0.05, 0.1) is 24.4 Å². The zero-order chi connectivity index (χ0) is 19.1. The number of hydrogen-bond donors (Lipinski definition) is 2. The first-order valence-electron chi connectivity index (χ1n) is 7.71. The third-order valence-corrected chi connectivity index (χ3v) is 3.29. The van der Waals surface area contributed by atoms with Gasteiger partial charge in [-0.1, -0.05) is 12.1 Å². The van der Waals surface area contributed by atoms with E-state index in [1.54, 1.807) is 19.1 Å². The average molecular weight is 362 g/mol. The van der Waals surface area contributed by atoms with Crippen LogP contribution in [0.4, 0.5) is 14.5 Å². The number of carbonyl (C=O) groups is 3. The maximum absolute atomic E-state index is 13.1. The number of amides is 2. The first kappa shape index (κ1) is 19.0. The summed E-state index contributed by atoms with van der Waals surface area (Å²) >= 11 is 0. The summed E-state index contributed by atoms with van der Waals surface area (Å²) in [5.41, 5.74) is 0.288. The number of hydrogen-bond acceptors (Lipinski definition) is 4. The second kappa shape index (κ2) is 8.70. The van der Waals surface area contributed by atoms with E-state index in [9.17, 15) is 23.2 Å². The van der Waals surface area contributed by atoms with Crippen LogP contribution in [0.1, 0.15) is 27.6 Å². The van der Waals surface area contributed by atoms with Crippen molar-refractivity contribution in [3.8, 4) is 0 Å². The van der Waals surface area contributed by atoms with Gasteiger partial charge in [-0.2, -0.15) is 0 Å². The summed E-state index contributed by atoms with van der Waals surface area (Å²) in [5.74, 6) is -4.16. The number of carbonyl (C=O) groups excluding carboxylic acids is 3. The molecule has 0 unspecified atom stereocenters. The predicted molar refractivity (Wildman–Crippen MR) is 89.7 cm³/mol. The van der Waals surface area contributed by atoms with Crippen molar-refractivity contribution < 1.29 is 27.9 Å². The van der Waals surface area contributed by atoms with E-state index < -0.39 is 36.0 Å². The van der Waals surface area contributed by atoms with Crippen LogP contribution in [0.5, 0.6) is 0 Å². The maximum atomic E-state index is 13.1. The van der Waals surface area contributed by atoms with Gasteiger partial charge in [0.15, 0.2) is 11.6 Å². The number of nitrogens with one attached hydrogen (secondary N) is 2. The minimum atomic E-state index is -1.16. The van der Waals surface area contributed by atoms with Gasteiger partial charge < -0.3 is 15.4 Å². The average Bonchev–Trinajstić information content (AvgIpc) is 2.62. The lowest BCUT2D eigenvalue weighted by Crippen LogP contribution is -2.33. The highest BCUT2D eigenvalue weighted by Crippen LogP contribution is 2.16. The molecule has 0 aliphatic carbocycles. The molecule has 0 aromatic heterocycles. The first-order chi connectivity index (χ1) is 12.4. The monoisotopic (exact) mass is 362 g/mol. The Balaban J connectivity index is 1.98.